The van der Waals surface area contributed by atoms with Gasteiger partial charge in [-0.25, -0.2) is 9.48 Å². The number of hydrogen-bond donors (Lipinski definition) is 1. The normalized spacial score (nSPS) is 17.9. The van der Waals surface area contributed by atoms with Crippen LogP contribution in [-0.4, -0.2) is 33.2 Å². The van der Waals surface area contributed by atoms with Crippen molar-refractivity contribution in [1.29, 1.82) is 0 Å². The molecule has 14 heavy (non-hydrogen) atoms. The fourth-order valence-electron chi connectivity index (χ4n) is 1.42. The first-order valence-electron chi connectivity index (χ1n) is 4.34. The molecule has 0 aromatic carbocycles. The third kappa shape index (κ3) is 1.19. The highest BCUT2D eigenvalue weighted by Crippen LogP contribution is 2.43. The summed E-state index contributed by atoms with van der Waals surface area (Å²) >= 11 is 0. The van der Waals surface area contributed by atoms with E-state index in [2.05, 4.69) is 15.0 Å². The zero-order chi connectivity index (χ0) is 10.2. The standard InChI is InChI=1S/C8H11N3O3/c1-14-7(13)8(2-3-8)11-4-6(5-12)9-10-11/h4,12H,2-3,5H2,1H3. The molecule has 0 unspecified atom stereocenters. The maximum Gasteiger partial charge on any atom is 0.333 e. The van der Waals surface area contributed by atoms with Gasteiger partial charge in [0, 0.05) is 0 Å². The van der Waals surface area contributed by atoms with Gasteiger partial charge in [0.1, 0.15) is 5.69 Å². The number of hydrogen-bond acceptors (Lipinski definition) is 5. The first-order valence-corrected chi connectivity index (χ1v) is 4.34. The molecule has 1 heterocycles. The lowest BCUT2D eigenvalue weighted by Gasteiger charge is -2.11. The van der Waals surface area contributed by atoms with Crippen LogP contribution in [0.3, 0.4) is 0 Å². The van der Waals surface area contributed by atoms with Crippen molar-refractivity contribution < 1.29 is 14.6 Å². The molecule has 1 aliphatic carbocycles. The number of aliphatic hydroxyl groups is 1. The fraction of sp³-hybridized carbons (Fsp3) is 0.625. The quantitative estimate of drug-likeness (QED) is 0.657. The second-order valence-electron chi connectivity index (χ2n) is 3.34. The lowest BCUT2D eigenvalue weighted by molar-refractivity contribution is -0.146. The van der Waals surface area contributed by atoms with E-state index in [-0.39, 0.29) is 12.6 Å². The highest BCUT2D eigenvalue weighted by molar-refractivity contribution is 5.81. The van der Waals surface area contributed by atoms with E-state index in [4.69, 9.17) is 5.11 Å². The first-order chi connectivity index (χ1) is 6.73. The van der Waals surface area contributed by atoms with Crippen LogP contribution in [0.2, 0.25) is 0 Å². The molecule has 1 N–H and O–H groups in total. The molecule has 6 heteroatoms. The second kappa shape index (κ2) is 3.06. The number of methoxy groups -OCH3 is 1. The van der Waals surface area contributed by atoms with Gasteiger partial charge in [0.25, 0.3) is 0 Å². The van der Waals surface area contributed by atoms with Crippen molar-refractivity contribution in [2.24, 2.45) is 0 Å². The summed E-state index contributed by atoms with van der Waals surface area (Å²) in [5.74, 6) is -0.299. The zero-order valence-corrected chi connectivity index (χ0v) is 7.80. The molecule has 0 bridgehead atoms. The van der Waals surface area contributed by atoms with Gasteiger partial charge in [0.05, 0.1) is 19.9 Å². The van der Waals surface area contributed by atoms with Gasteiger partial charge in [-0.15, -0.1) is 5.10 Å². The molecule has 1 aromatic rings. The summed E-state index contributed by atoms with van der Waals surface area (Å²) < 4.78 is 6.16. The van der Waals surface area contributed by atoms with E-state index in [1.807, 2.05) is 0 Å². The van der Waals surface area contributed by atoms with Crippen LogP contribution in [0.1, 0.15) is 18.5 Å². The van der Waals surface area contributed by atoms with Gasteiger partial charge in [0.2, 0.25) is 0 Å². The lowest BCUT2D eigenvalue weighted by Crippen LogP contribution is -2.29. The fourth-order valence-corrected chi connectivity index (χ4v) is 1.42. The number of carbonyl (C=O) groups excluding carboxylic acids is 1. The summed E-state index contributed by atoms with van der Waals surface area (Å²) in [6.07, 6.45) is 3.01. The number of ether oxygens (including phenoxy) is 1. The highest BCUT2D eigenvalue weighted by atomic mass is 16.5. The molecule has 1 aliphatic rings. The summed E-state index contributed by atoms with van der Waals surface area (Å²) in [4.78, 5) is 11.4. The zero-order valence-electron chi connectivity index (χ0n) is 7.80. The summed E-state index contributed by atoms with van der Waals surface area (Å²) in [6, 6.07) is 0. The summed E-state index contributed by atoms with van der Waals surface area (Å²) in [5, 5.41) is 16.3. The van der Waals surface area contributed by atoms with Crippen molar-refractivity contribution in [3.05, 3.63) is 11.9 Å². The molecule has 0 saturated heterocycles. The molecular weight excluding hydrogens is 186 g/mol. The molecule has 0 radical (unpaired) electrons. The molecule has 0 aliphatic heterocycles. The molecule has 1 saturated carbocycles. The van der Waals surface area contributed by atoms with Gasteiger partial charge in [-0.3, -0.25) is 0 Å². The Morgan fingerprint density at radius 1 is 1.79 bits per heavy atom. The number of aromatic nitrogens is 3. The number of carbonyl (C=O) groups is 1. The van der Waals surface area contributed by atoms with Gasteiger partial charge < -0.3 is 9.84 Å². The average molecular weight is 197 g/mol. The van der Waals surface area contributed by atoms with E-state index in [1.54, 1.807) is 6.20 Å². The Balaban J connectivity index is 2.26. The maximum atomic E-state index is 11.4. The summed E-state index contributed by atoms with van der Waals surface area (Å²) in [7, 11) is 1.35. The van der Waals surface area contributed by atoms with Gasteiger partial charge in [-0.05, 0) is 12.8 Å². The van der Waals surface area contributed by atoms with Crippen LogP contribution in [-0.2, 0) is 21.7 Å². The van der Waals surface area contributed by atoms with Crippen LogP contribution < -0.4 is 0 Å². The number of esters is 1. The van der Waals surface area contributed by atoms with Gasteiger partial charge in [-0.1, -0.05) is 5.21 Å². The van der Waals surface area contributed by atoms with Gasteiger partial charge in [-0.2, -0.15) is 0 Å². The van der Waals surface area contributed by atoms with Crippen molar-refractivity contribution in [1.82, 2.24) is 15.0 Å². The van der Waals surface area contributed by atoms with Crippen LogP contribution in [0.4, 0.5) is 0 Å². The Morgan fingerprint density at radius 3 is 2.93 bits per heavy atom. The van der Waals surface area contributed by atoms with Crippen molar-refractivity contribution >= 4 is 5.97 Å². The maximum absolute atomic E-state index is 11.4. The number of nitrogens with zero attached hydrogens (tertiary/aromatic N) is 3. The lowest BCUT2D eigenvalue weighted by atomic mass is 10.3. The minimum Gasteiger partial charge on any atom is -0.467 e. The Morgan fingerprint density at radius 2 is 2.50 bits per heavy atom. The van der Waals surface area contributed by atoms with Crippen molar-refractivity contribution in [3.8, 4) is 0 Å². The minimum atomic E-state index is -0.658. The molecule has 2 rings (SSSR count). The van der Waals surface area contributed by atoms with Crippen molar-refractivity contribution in [2.75, 3.05) is 7.11 Å². The number of rotatable bonds is 3. The number of aliphatic hydroxyl groups excluding tert-OH is 1. The Kier molecular flexibility index (Phi) is 1.99. The Labute approximate surface area is 80.5 Å². The monoisotopic (exact) mass is 197 g/mol. The first kappa shape index (κ1) is 9.14. The van der Waals surface area contributed by atoms with E-state index in [9.17, 15) is 4.79 Å². The van der Waals surface area contributed by atoms with Crippen LogP contribution in [0, 0.1) is 0 Å². The van der Waals surface area contributed by atoms with Crippen molar-refractivity contribution in [3.63, 3.8) is 0 Å². The molecule has 76 valence electrons. The molecule has 0 spiro atoms. The predicted octanol–water partition coefficient (Wildman–Crippen LogP) is -0.568. The Bertz CT molecular complexity index is 356. The van der Waals surface area contributed by atoms with E-state index in [0.717, 1.165) is 0 Å². The molecule has 0 amide bonds. The smallest absolute Gasteiger partial charge is 0.333 e. The predicted molar refractivity (Wildman–Crippen MR) is 45.2 cm³/mol. The Hall–Kier alpha value is -1.43. The third-order valence-corrected chi connectivity index (χ3v) is 2.43. The van der Waals surface area contributed by atoms with E-state index in [1.165, 1.54) is 11.8 Å². The average Bonchev–Trinajstić information content (AvgIpc) is 2.89. The third-order valence-electron chi connectivity index (χ3n) is 2.43. The van der Waals surface area contributed by atoms with Crippen LogP contribution in [0.5, 0.6) is 0 Å². The van der Waals surface area contributed by atoms with Crippen LogP contribution in [0.25, 0.3) is 0 Å². The topological polar surface area (TPSA) is 77.2 Å². The van der Waals surface area contributed by atoms with E-state index < -0.39 is 5.54 Å². The van der Waals surface area contributed by atoms with E-state index >= 15 is 0 Å². The largest absolute Gasteiger partial charge is 0.467 e. The SMILES string of the molecule is COC(=O)C1(n2cc(CO)nn2)CC1. The van der Waals surface area contributed by atoms with E-state index in [0.29, 0.717) is 18.5 Å². The second-order valence-corrected chi connectivity index (χ2v) is 3.34. The van der Waals surface area contributed by atoms with Crippen LogP contribution in [0.15, 0.2) is 6.20 Å². The minimum absolute atomic E-state index is 0.169. The molecule has 1 fully saturated rings. The summed E-state index contributed by atoms with van der Waals surface area (Å²) in [5.41, 5.74) is -0.199. The van der Waals surface area contributed by atoms with Crippen LogP contribution >= 0.6 is 0 Å². The molecular formula is C8H11N3O3. The molecule has 6 nitrogen and oxygen atoms in total. The molecule has 1 aromatic heterocycles. The van der Waals surface area contributed by atoms with Gasteiger partial charge >= 0.3 is 5.97 Å². The summed E-state index contributed by atoms with van der Waals surface area (Å²) in [6.45, 7) is -0.169. The van der Waals surface area contributed by atoms with Gasteiger partial charge in [0.15, 0.2) is 5.54 Å². The molecule has 0 atom stereocenters. The highest BCUT2D eigenvalue weighted by Gasteiger charge is 2.54. The van der Waals surface area contributed by atoms with Crippen molar-refractivity contribution in [2.45, 2.75) is 25.0 Å².